The molecule has 18 rings (SSSR count). The van der Waals surface area contributed by atoms with E-state index in [0.717, 1.165) is 101 Å². The van der Waals surface area contributed by atoms with Crippen molar-refractivity contribution in [2.75, 3.05) is 76.6 Å². The number of hydrogen-bond donors (Lipinski definition) is 5. The summed E-state index contributed by atoms with van der Waals surface area (Å²) in [7, 11) is -2.85. The number of alkyl halides is 9. The molecule has 0 saturated carbocycles. The van der Waals surface area contributed by atoms with Crippen molar-refractivity contribution in [2.45, 2.75) is 250 Å². The van der Waals surface area contributed by atoms with E-state index in [-0.39, 0.29) is 93.8 Å². The Morgan fingerprint density at radius 1 is 0.514 bits per heavy atom. The van der Waals surface area contributed by atoms with Crippen LogP contribution in [0.5, 0.6) is 17.4 Å². The lowest BCUT2D eigenvalue weighted by molar-refractivity contribution is -0.111. The summed E-state index contributed by atoms with van der Waals surface area (Å²) in [6.07, 6.45) is 3.99. The summed E-state index contributed by atoms with van der Waals surface area (Å²) in [5.74, 6) is -4.24. The monoisotopic (exact) mass is 2220 g/mol. The average Bonchev–Trinajstić information content (AvgIpc) is 1.62. The third-order valence-electron chi connectivity index (χ3n) is 26.5. The van der Waals surface area contributed by atoms with Gasteiger partial charge in [-0.25, -0.2) is 65.0 Å². The molecule has 6 aromatic carbocycles. The molecule has 0 unspecified atom stereocenters. The number of ether oxygens (including phenoxy) is 3. The molecule has 0 atom stereocenters. The molecular formula is C106H133B2Br2Cl2F8N15O9Si2. The van der Waals surface area contributed by atoms with Gasteiger partial charge in [0.2, 0.25) is 5.88 Å². The highest BCUT2D eigenvalue weighted by atomic mass is 79.9. The van der Waals surface area contributed by atoms with Crippen molar-refractivity contribution in [2.24, 2.45) is 0 Å². The fourth-order valence-corrected chi connectivity index (χ4v) is 18.8. The Hall–Kier alpha value is -9.25. The number of phenols is 1. The van der Waals surface area contributed by atoms with Crippen LogP contribution in [0.2, 0.25) is 61.7 Å². The molecule has 6 fully saturated rings. The first kappa shape index (κ1) is 115. The molecule has 6 N–H and O–H groups in total. The minimum absolute atomic E-state index is 0.00694. The standard InChI is InChI=1S/C28H25F2N5O2.C24H31ClF2N4OSi.C18H26BF2NO2.C13H18BBrO2.C12H17BrClN3OSi.C6H7NO.C5H9F2N/c1-2-4-25(36)33-21-5-3-6-22(15-21)37-27-23-16-24(34-26(23)31-18-32-27)20-9-7-19(8-10-20)17-35-13-11-28(29,30)12-14-35;1-33(2,3)13-12-32-17-31-21(14-20-22(25)28-16-29-23(20)31)19-6-4-18(5-7-19)15-30-10-8-24(26,27)9-11-30;1-16(2)17(3,4)24-19(23-16)15-7-5-14(6-8-15)13-22-11-9-18(20,21)10-12-22;1-12(2)13(3,4)17-14(16-12)11-7-5-10(9-15)6-8-11;1-19(2,3)5-4-18-8-17-10(13)6-9-11(14)15-7-16-12(9)17;7-5-2-1-3-6(8)4-5;6-5(7)1-3-8-4-2-5/h3,5-10,15-16,18H,11-14,17H2,1H3,(H,33,36)(H,31,32,34);4-7,14,16H,8-13,15,17H2,1-3H3;5-8H,9-13H2,1-4H3;5-8H,9H2,1-4H3;6-7H,4-5,8H2,1-3H3;1-4,8H,7H2;8H,1-4H2. The number of piperidine rings is 4. The molecule has 6 aliphatic rings. The van der Waals surface area contributed by atoms with E-state index in [1.54, 1.807) is 49.4 Å². The van der Waals surface area contributed by atoms with Crippen LogP contribution in [0.1, 0.15) is 136 Å². The maximum Gasteiger partial charge on any atom is 0.494 e. The zero-order valence-corrected chi connectivity index (χ0v) is 92.3. The van der Waals surface area contributed by atoms with E-state index in [2.05, 4.69) is 219 Å². The van der Waals surface area contributed by atoms with Gasteiger partial charge in [0.15, 0.2) is 0 Å². The number of H-pyrrole nitrogens is 1. The number of halogens is 12. The summed E-state index contributed by atoms with van der Waals surface area (Å²) < 4.78 is 151. The number of nitrogens with one attached hydrogen (secondary N) is 3. The van der Waals surface area contributed by atoms with Crippen LogP contribution in [0.4, 0.5) is 46.5 Å². The molecule has 0 radical (unpaired) electrons. The van der Waals surface area contributed by atoms with Gasteiger partial charge in [0.1, 0.15) is 71.2 Å². The molecule has 0 bridgehead atoms. The van der Waals surface area contributed by atoms with Crippen molar-refractivity contribution in [3.05, 3.63) is 220 Å². The molecule has 12 aromatic rings. The van der Waals surface area contributed by atoms with E-state index in [4.69, 9.17) is 66.9 Å². The lowest BCUT2D eigenvalue weighted by Gasteiger charge is -2.32. The van der Waals surface area contributed by atoms with Crippen LogP contribution in [0.15, 0.2) is 187 Å². The number of nitrogens with two attached hydrogens (primary N) is 1. The number of rotatable bonds is 24. The second-order valence-electron chi connectivity index (χ2n) is 41.7. The molecular weight excluding hydrogens is 2090 g/mol. The summed E-state index contributed by atoms with van der Waals surface area (Å²) >= 11 is 19.3. The van der Waals surface area contributed by atoms with Crippen molar-refractivity contribution >= 4 is 147 Å². The zero-order chi connectivity index (χ0) is 106. The number of aromatic amines is 1. The van der Waals surface area contributed by atoms with E-state index in [1.165, 1.54) is 30.6 Å². The number of fused-ring (bicyclic) bond motifs is 3. The Morgan fingerprint density at radius 2 is 0.932 bits per heavy atom. The first-order valence-electron chi connectivity index (χ1n) is 49.0. The Kier molecular flexibility index (Phi) is 40.0. The van der Waals surface area contributed by atoms with Crippen LogP contribution in [0.3, 0.4) is 0 Å². The van der Waals surface area contributed by atoms with Gasteiger partial charge in [-0.3, -0.25) is 24.1 Å². The van der Waals surface area contributed by atoms with E-state index >= 15 is 0 Å². The van der Waals surface area contributed by atoms with Crippen LogP contribution in [0, 0.1) is 11.8 Å². The number of carbonyl (C=O) groups excluding carboxylic acids is 1. The first-order valence-corrected chi connectivity index (χ1v) is 59.1. The van der Waals surface area contributed by atoms with Crippen LogP contribution in [-0.4, -0.2) is 212 Å². The van der Waals surface area contributed by atoms with Crippen molar-refractivity contribution in [3.63, 3.8) is 0 Å². The zero-order valence-electron chi connectivity index (χ0n) is 85.6. The number of anilines is 2. The van der Waals surface area contributed by atoms with E-state index in [9.17, 15) is 39.9 Å². The van der Waals surface area contributed by atoms with Gasteiger partial charge in [0, 0.05) is 187 Å². The van der Waals surface area contributed by atoms with Gasteiger partial charge in [-0.05, 0) is 183 Å². The molecule has 0 aliphatic carbocycles. The van der Waals surface area contributed by atoms with Crippen LogP contribution in [-0.2, 0) is 71.3 Å². The second kappa shape index (κ2) is 50.6. The quantitative estimate of drug-likeness (QED) is 0.00716. The molecule has 784 valence electrons. The molecule has 6 aromatic heterocycles. The van der Waals surface area contributed by atoms with E-state index in [1.807, 2.05) is 104 Å². The van der Waals surface area contributed by atoms with Gasteiger partial charge in [0.25, 0.3) is 29.6 Å². The van der Waals surface area contributed by atoms with E-state index < -0.39 is 45.7 Å². The smallest absolute Gasteiger partial charge is 0.494 e. The van der Waals surface area contributed by atoms with Gasteiger partial charge in [0.05, 0.1) is 48.9 Å². The maximum atomic E-state index is 13.4. The minimum Gasteiger partial charge on any atom is -0.508 e. The molecule has 6 saturated heterocycles. The number of aromatic hydroxyl groups is 1. The maximum absolute atomic E-state index is 13.4. The Labute approximate surface area is 880 Å². The molecule has 40 heteroatoms. The van der Waals surface area contributed by atoms with Crippen molar-refractivity contribution in [1.29, 1.82) is 0 Å². The van der Waals surface area contributed by atoms with Crippen molar-refractivity contribution in [3.8, 4) is 51.7 Å². The topological polar surface area (TPSA) is 265 Å². The molecule has 24 nitrogen and oxygen atoms in total. The molecule has 1 amide bonds. The first-order chi connectivity index (χ1) is 68.8. The van der Waals surface area contributed by atoms with Gasteiger partial charge >= 0.3 is 14.2 Å². The highest BCUT2D eigenvalue weighted by Crippen LogP contribution is 2.41. The lowest BCUT2D eigenvalue weighted by Crippen LogP contribution is -2.41. The Balaban J connectivity index is 0.000000160. The van der Waals surface area contributed by atoms with Gasteiger partial charge in [-0.2, -0.15) is 0 Å². The number of nitrogens with zero attached hydrogens (tertiary/aromatic N) is 11. The molecule has 6 aliphatic heterocycles. The largest absolute Gasteiger partial charge is 0.508 e. The van der Waals surface area contributed by atoms with Gasteiger partial charge in [-0.1, -0.05) is 194 Å². The Bertz CT molecular complexity index is 6280. The third-order valence-corrected chi connectivity index (χ3v) is 31.8. The number of likely N-dealkylation sites (tertiary alicyclic amines) is 3. The summed E-state index contributed by atoms with van der Waals surface area (Å²) in [6.45, 7) is 39.9. The van der Waals surface area contributed by atoms with Crippen LogP contribution in [0.25, 0.3) is 55.6 Å². The highest BCUT2D eigenvalue weighted by Gasteiger charge is 2.53. The number of carbonyl (C=O) groups is 1. The number of hydrogen-bond acceptors (Lipinski definition) is 20. The molecule has 146 heavy (non-hydrogen) atoms. The van der Waals surface area contributed by atoms with Gasteiger partial charge in [-0.15, -0.1) is 0 Å². The van der Waals surface area contributed by atoms with Crippen molar-refractivity contribution < 1.29 is 77.9 Å². The summed E-state index contributed by atoms with van der Waals surface area (Å²) in [5.41, 5.74) is 17.8. The molecule has 12 heterocycles. The average molecular weight is 2220 g/mol. The number of phenolic OH excluding ortho intramolecular Hbond substituents is 1. The summed E-state index contributed by atoms with van der Waals surface area (Å²) in [6, 6.07) is 54.2. The third kappa shape index (κ3) is 34.1. The van der Waals surface area contributed by atoms with Crippen LogP contribution >= 0.6 is 55.1 Å². The highest BCUT2D eigenvalue weighted by molar-refractivity contribution is 9.10. The minimum atomic E-state index is -2.54. The number of benzene rings is 6. The van der Waals surface area contributed by atoms with Crippen molar-refractivity contribution in [1.82, 2.24) is 64.0 Å². The van der Waals surface area contributed by atoms with E-state index in [0.29, 0.717) is 136 Å². The number of nitrogen functional groups attached to an aromatic ring is 1. The van der Waals surface area contributed by atoms with Gasteiger partial charge < -0.3 is 63.9 Å². The fraction of sp³-hybridized carbons (Fsp3) is 0.462. The van der Waals surface area contributed by atoms with Crippen LogP contribution < -0.4 is 32.0 Å². The Morgan fingerprint density at radius 3 is 1.36 bits per heavy atom. The molecule has 0 spiro atoms. The second-order valence-corrected chi connectivity index (χ2v) is 55.1. The SMILES string of the molecule is CC#CC(=O)Nc1cccc(Oc2ncnc3[nH]c(-c4ccc(CN5CCC(F)(F)CC5)cc4)cc23)c1.CC1(C)OB(c2ccc(CBr)cc2)OC1(C)C.CC1(C)OB(c2ccc(CN3CCC(F)(F)CC3)cc2)OC1(C)C.C[Si](C)(C)CCOCn1c(-c2ccc(CN3CCC(F)(F)CC3)cc2)cc2c(Cl)ncnc21.C[Si](C)(C)CCOCn1c(Br)cc2c(Cl)ncnc21.FC1(F)CCNCC1.Nc1cccc(O)c1. The predicted octanol–water partition coefficient (Wildman–Crippen LogP) is 24.1. The normalized spacial score (nSPS) is 18.1. The number of amides is 1. The number of aromatic nitrogens is 9. The summed E-state index contributed by atoms with van der Waals surface area (Å²) in [5, 5.41) is 18.4. The summed E-state index contributed by atoms with van der Waals surface area (Å²) in [4.78, 5) is 46.7. The predicted molar refractivity (Wildman–Crippen MR) is 579 cm³/mol. The fourth-order valence-electron chi connectivity index (χ4n) is 16.1. The lowest BCUT2D eigenvalue weighted by atomic mass is 9.79.